The van der Waals surface area contributed by atoms with Crippen LogP contribution in [0.2, 0.25) is 0 Å². The SMILES string of the molecule is COc1ccc(-c2ccc(Oc3ccc(C(=O)c4ccc(C)c(SOOO)c4)cc3S(=O)(=O)O)c(C)c2)cc1S(=O)(=O)O. The fourth-order valence-corrected chi connectivity index (χ4v) is 5.90. The van der Waals surface area contributed by atoms with Crippen LogP contribution in [-0.2, 0) is 29.6 Å². The highest BCUT2D eigenvalue weighted by Crippen LogP contribution is 2.36. The highest BCUT2D eigenvalue weighted by atomic mass is 32.2. The van der Waals surface area contributed by atoms with Crippen LogP contribution in [0.15, 0.2) is 87.5 Å². The van der Waals surface area contributed by atoms with Crippen LogP contribution in [0.4, 0.5) is 0 Å². The standard InChI is InChI=1S/C28H24O12S3/c1-16-4-5-20(13-25(16)41-40-39-30)28(29)21-8-11-24(27(15-21)43(34,35)36)38-22-9-6-18(12-17(22)2)19-7-10-23(37-3)26(14-19)42(31,32)33/h4-15,30H,1-3H3,(H,31,32,33)(H,34,35,36). The van der Waals surface area contributed by atoms with E-state index in [4.69, 9.17) is 14.7 Å². The highest BCUT2D eigenvalue weighted by molar-refractivity contribution is 7.94. The first-order valence-corrected chi connectivity index (χ1v) is 15.7. The van der Waals surface area contributed by atoms with Crippen molar-refractivity contribution in [2.45, 2.75) is 28.5 Å². The highest BCUT2D eigenvalue weighted by Gasteiger charge is 2.23. The van der Waals surface area contributed by atoms with Gasteiger partial charge in [0.2, 0.25) is 0 Å². The molecule has 4 aromatic rings. The van der Waals surface area contributed by atoms with E-state index in [1.54, 1.807) is 38.1 Å². The van der Waals surface area contributed by atoms with E-state index in [0.717, 1.165) is 6.07 Å². The Kier molecular flexibility index (Phi) is 9.58. The summed E-state index contributed by atoms with van der Waals surface area (Å²) in [6.07, 6.45) is 0. The van der Waals surface area contributed by atoms with E-state index in [0.29, 0.717) is 39.2 Å². The molecule has 0 aromatic heterocycles. The minimum Gasteiger partial charge on any atom is -0.495 e. The largest absolute Gasteiger partial charge is 0.495 e. The van der Waals surface area contributed by atoms with Crippen LogP contribution in [0.25, 0.3) is 11.1 Å². The van der Waals surface area contributed by atoms with E-state index < -0.39 is 35.8 Å². The summed E-state index contributed by atoms with van der Waals surface area (Å²) in [7, 11) is -8.14. The van der Waals surface area contributed by atoms with Gasteiger partial charge >= 0.3 is 0 Å². The number of ether oxygens (including phenoxy) is 2. The minimum absolute atomic E-state index is 0.0328. The molecule has 0 saturated carbocycles. The van der Waals surface area contributed by atoms with Gasteiger partial charge < -0.3 is 9.47 Å². The van der Waals surface area contributed by atoms with Gasteiger partial charge in [-0.3, -0.25) is 13.9 Å². The first kappa shape index (κ1) is 32.1. The van der Waals surface area contributed by atoms with Crippen molar-refractivity contribution in [2.75, 3.05) is 7.11 Å². The van der Waals surface area contributed by atoms with Crippen molar-refractivity contribution < 1.29 is 54.8 Å². The Morgan fingerprint density at radius 2 is 1.26 bits per heavy atom. The van der Waals surface area contributed by atoms with Crippen LogP contribution in [0.5, 0.6) is 17.2 Å². The third-order valence-corrected chi connectivity index (χ3v) is 8.76. The average Bonchev–Trinajstić information content (AvgIpc) is 2.96. The van der Waals surface area contributed by atoms with E-state index in [9.17, 15) is 30.7 Å². The number of rotatable bonds is 11. The molecule has 0 amide bonds. The summed E-state index contributed by atoms with van der Waals surface area (Å²) in [5, 5.41) is 12.0. The second-order valence-corrected chi connectivity index (χ2v) is 12.6. The summed E-state index contributed by atoms with van der Waals surface area (Å²) < 4.78 is 82.9. The summed E-state index contributed by atoms with van der Waals surface area (Å²) in [5.74, 6) is -0.633. The quantitative estimate of drug-likeness (QED) is 0.0573. The van der Waals surface area contributed by atoms with Gasteiger partial charge in [0.1, 0.15) is 27.0 Å². The van der Waals surface area contributed by atoms with E-state index in [1.165, 1.54) is 49.6 Å². The fraction of sp³-hybridized carbons (Fsp3) is 0.107. The molecule has 4 rings (SSSR count). The van der Waals surface area contributed by atoms with E-state index >= 15 is 0 Å². The first-order chi connectivity index (χ1) is 20.2. The molecule has 0 heterocycles. The maximum Gasteiger partial charge on any atom is 0.298 e. The topological polar surface area (TPSA) is 183 Å². The molecule has 0 aliphatic carbocycles. The molecule has 0 bridgehead atoms. The molecule has 12 nitrogen and oxygen atoms in total. The van der Waals surface area contributed by atoms with Gasteiger partial charge in [-0.15, -0.1) is 4.33 Å². The van der Waals surface area contributed by atoms with Crippen molar-refractivity contribution in [1.82, 2.24) is 0 Å². The maximum absolute atomic E-state index is 13.2. The van der Waals surface area contributed by atoms with Crippen LogP contribution in [0.1, 0.15) is 27.0 Å². The predicted octanol–water partition coefficient (Wildman–Crippen LogP) is 5.92. The lowest BCUT2D eigenvalue weighted by Gasteiger charge is -2.14. The Labute approximate surface area is 251 Å². The van der Waals surface area contributed by atoms with E-state index in [2.05, 4.69) is 9.37 Å². The zero-order chi connectivity index (χ0) is 31.5. The first-order valence-electron chi connectivity index (χ1n) is 12.1. The summed E-state index contributed by atoms with van der Waals surface area (Å²) >= 11 is 0.665. The van der Waals surface area contributed by atoms with Crippen LogP contribution < -0.4 is 9.47 Å². The Bertz CT molecular complexity index is 1920. The van der Waals surface area contributed by atoms with Crippen LogP contribution in [-0.4, -0.2) is 44.1 Å². The smallest absolute Gasteiger partial charge is 0.298 e. The zero-order valence-electron chi connectivity index (χ0n) is 22.7. The second kappa shape index (κ2) is 12.8. The Balaban J connectivity index is 1.67. The van der Waals surface area contributed by atoms with Gasteiger partial charge in [0, 0.05) is 16.0 Å². The summed E-state index contributed by atoms with van der Waals surface area (Å²) in [6.45, 7) is 3.40. The number of hydrogen-bond acceptors (Lipinski definition) is 11. The normalized spacial score (nSPS) is 11.8. The Morgan fingerprint density at radius 1 is 0.698 bits per heavy atom. The number of hydrogen-bond donors (Lipinski definition) is 3. The average molecular weight is 649 g/mol. The maximum atomic E-state index is 13.2. The molecule has 0 atom stereocenters. The predicted molar refractivity (Wildman–Crippen MR) is 155 cm³/mol. The van der Waals surface area contributed by atoms with Gasteiger partial charge in [0.25, 0.3) is 20.2 Å². The number of benzene rings is 4. The molecule has 0 aliphatic rings. The third-order valence-electron chi connectivity index (χ3n) is 6.26. The van der Waals surface area contributed by atoms with E-state index in [-0.39, 0.29) is 28.4 Å². The molecule has 43 heavy (non-hydrogen) atoms. The van der Waals surface area contributed by atoms with Crippen LogP contribution in [0, 0.1) is 13.8 Å². The molecule has 0 saturated heterocycles. The lowest BCUT2D eigenvalue weighted by Crippen LogP contribution is -2.07. The van der Waals surface area contributed by atoms with Crippen molar-refractivity contribution >= 4 is 38.1 Å². The number of carbonyl (C=O) groups is 1. The number of aryl methyl sites for hydroxylation is 2. The molecule has 0 fully saturated rings. The van der Waals surface area contributed by atoms with Crippen molar-refractivity contribution in [2.24, 2.45) is 0 Å². The molecule has 0 radical (unpaired) electrons. The molecule has 3 N–H and O–H groups in total. The van der Waals surface area contributed by atoms with Gasteiger partial charge in [-0.1, -0.05) is 29.3 Å². The number of methoxy groups -OCH3 is 1. The molecule has 226 valence electrons. The number of carbonyl (C=O) groups excluding carboxylic acids is 1. The summed E-state index contributed by atoms with van der Waals surface area (Å²) in [4.78, 5) is 12.6. The molecule has 0 aliphatic heterocycles. The van der Waals surface area contributed by atoms with Gasteiger partial charge in [-0.05, 0) is 84.6 Å². The number of ketones is 1. The van der Waals surface area contributed by atoms with Gasteiger partial charge in [0.05, 0.1) is 19.2 Å². The van der Waals surface area contributed by atoms with E-state index in [1.807, 2.05) is 0 Å². The molecular weight excluding hydrogens is 624 g/mol. The molecule has 0 spiro atoms. The van der Waals surface area contributed by atoms with Crippen LogP contribution >= 0.6 is 12.0 Å². The van der Waals surface area contributed by atoms with Crippen molar-refractivity contribution in [3.8, 4) is 28.4 Å². The lowest BCUT2D eigenvalue weighted by atomic mass is 10.0. The fourth-order valence-electron chi connectivity index (χ4n) is 4.10. The second-order valence-electron chi connectivity index (χ2n) is 9.09. The lowest BCUT2D eigenvalue weighted by molar-refractivity contribution is -0.432. The minimum atomic E-state index is -4.85. The van der Waals surface area contributed by atoms with Crippen molar-refractivity contribution in [1.29, 1.82) is 0 Å². The molecule has 0 unspecified atom stereocenters. The summed E-state index contributed by atoms with van der Waals surface area (Å²) in [5.41, 5.74) is 2.35. The van der Waals surface area contributed by atoms with Gasteiger partial charge in [-0.2, -0.15) is 16.8 Å². The van der Waals surface area contributed by atoms with Crippen molar-refractivity contribution in [3.05, 3.63) is 95.1 Å². The van der Waals surface area contributed by atoms with Crippen LogP contribution in [0.3, 0.4) is 0 Å². The Morgan fingerprint density at radius 3 is 1.86 bits per heavy atom. The Hall–Kier alpha value is -3.80. The third kappa shape index (κ3) is 7.41. The van der Waals surface area contributed by atoms with Gasteiger partial charge in [0.15, 0.2) is 5.78 Å². The molecule has 15 heteroatoms. The molecular formula is C28H24O12S3. The molecule has 4 aromatic carbocycles. The monoisotopic (exact) mass is 648 g/mol. The zero-order valence-corrected chi connectivity index (χ0v) is 25.1. The van der Waals surface area contributed by atoms with Crippen molar-refractivity contribution in [3.63, 3.8) is 0 Å². The van der Waals surface area contributed by atoms with Gasteiger partial charge in [-0.25, -0.2) is 5.26 Å². The summed E-state index contributed by atoms with van der Waals surface area (Å²) in [6, 6.07) is 17.2.